The van der Waals surface area contributed by atoms with Crippen LogP contribution in [0.4, 0.5) is 4.79 Å². The first kappa shape index (κ1) is 17.2. The Morgan fingerprint density at radius 2 is 2.10 bits per heavy atom. The van der Waals surface area contributed by atoms with Gasteiger partial charge in [-0.3, -0.25) is 0 Å². The number of amides is 1. The van der Waals surface area contributed by atoms with Crippen LogP contribution in [0.3, 0.4) is 0 Å². The third-order valence-corrected chi connectivity index (χ3v) is 2.61. The molecule has 0 radical (unpaired) electrons. The standard InChI is InChI=1S/C15H24N2O4/c1-10-6-11(16-13(7-10)20-5)8-12(9-18)17-14(19)21-15(2,3)4/h6-7,12,18H,8-9H2,1-5H3,(H,17,19)/t12-/m1/s1. The van der Waals surface area contributed by atoms with Gasteiger partial charge in [-0.25, -0.2) is 9.78 Å². The minimum Gasteiger partial charge on any atom is -0.481 e. The van der Waals surface area contributed by atoms with E-state index in [4.69, 9.17) is 9.47 Å². The number of rotatable bonds is 5. The number of nitrogens with zero attached hydrogens (tertiary/aromatic N) is 1. The molecule has 0 fully saturated rings. The SMILES string of the molecule is COc1cc(C)cc(C[C@H](CO)NC(=O)OC(C)(C)C)n1. The van der Waals surface area contributed by atoms with Crippen molar-refractivity contribution in [3.05, 3.63) is 23.4 Å². The van der Waals surface area contributed by atoms with Crippen LogP contribution in [0.15, 0.2) is 12.1 Å². The fourth-order valence-corrected chi connectivity index (χ4v) is 1.80. The Hall–Kier alpha value is -1.82. The molecule has 1 heterocycles. The average molecular weight is 296 g/mol. The van der Waals surface area contributed by atoms with E-state index in [9.17, 15) is 9.90 Å². The van der Waals surface area contributed by atoms with Gasteiger partial charge in [-0.1, -0.05) is 0 Å². The van der Waals surface area contributed by atoms with Crippen molar-refractivity contribution >= 4 is 6.09 Å². The topological polar surface area (TPSA) is 80.7 Å². The molecule has 1 atom stereocenters. The maximum Gasteiger partial charge on any atom is 0.407 e. The molecule has 0 saturated carbocycles. The molecule has 21 heavy (non-hydrogen) atoms. The second-order valence-corrected chi connectivity index (χ2v) is 5.91. The van der Waals surface area contributed by atoms with Crippen molar-refractivity contribution in [1.29, 1.82) is 0 Å². The third-order valence-electron chi connectivity index (χ3n) is 2.61. The van der Waals surface area contributed by atoms with Gasteiger partial charge in [0.2, 0.25) is 5.88 Å². The zero-order chi connectivity index (χ0) is 16.0. The Balaban J connectivity index is 2.70. The van der Waals surface area contributed by atoms with Gasteiger partial charge in [-0.2, -0.15) is 0 Å². The molecule has 0 saturated heterocycles. The van der Waals surface area contributed by atoms with Crippen LogP contribution in [0.1, 0.15) is 32.0 Å². The molecule has 2 N–H and O–H groups in total. The zero-order valence-electron chi connectivity index (χ0n) is 13.3. The minimum absolute atomic E-state index is 0.197. The van der Waals surface area contributed by atoms with E-state index in [0.717, 1.165) is 11.3 Å². The number of nitrogens with one attached hydrogen (secondary N) is 1. The van der Waals surface area contributed by atoms with Crippen LogP contribution in [0.25, 0.3) is 0 Å². The number of aryl methyl sites for hydroxylation is 1. The summed E-state index contributed by atoms with van der Waals surface area (Å²) in [5.41, 5.74) is 1.17. The lowest BCUT2D eigenvalue weighted by atomic mass is 10.1. The number of hydrogen-bond acceptors (Lipinski definition) is 5. The monoisotopic (exact) mass is 296 g/mol. The van der Waals surface area contributed by atoms with Crippen LogP contribution in [0.2, 0.25) is 0 Å². The quantitative estimate of drug-likeness (QED) is 0.866. The molecule has 1 rings (SSSR count). The molecule has 1 aromatic heterocycles. The van der Waals surface area contributed by atoms with Crippen LogP contribution in [0.5, 0.6) is 5.88 Å². The fourth-order valence-electron chi connectivity index (χ4n) is 1.80. The summed E-state index contributed by atoms with van der Waals surface area (Å²) < 4.78 is 10.3. The Labute approximate surface area is 125 Å². The van der Waals surface area contributed by atoms with Crippen molar-refractivity contribution in [2.45, 2.75) is 45.8 Å². The summed E-state index contributed by atoms with van der Waals surface area (Å²) in [6.07, 6.45) is -0.158. The second kappa shape index (κ2) is 7.26. The first-order valence-corrected chi connectivity index (χ1v) is 6.85. The average Bonchev–Trinajstić information content (AvgIpc) is 2.34. The number of alkyl carbamates (subject to hydrolysis) is 1. The van der Waals surface area contributed by atoms with Crippen molar-refractivity contribution in [2.24, 2.45) is 0 Å². The highest BCUT2D eigenvalue weighted by Gasteiger charge is 2.19. The number of aliphatic hydroxyl groups is 1. The van der Waals surface area contributed by atoms with Gasteiger partial charge in [-0.05, 0) is 39.3 Å². The van der Waals surface area contributed by atoms with Gasteiger partial charge in [0.15, 0.2) is 0 Å². The first-order valence-electron chi connectivity index (χ1n) is 6.85. The summed E-state index contributed by atoms with van der Waals surface area (Å²) in [5, 5.41) is 12.0. The summed E-state index contributed by atoms with van der Waals surface area (Å²) in [6, 6.07) is 3.25. The lowest BCUT2D eigenvalue weighted by Gasteiger charge is -2.22. The number of carbonyl (C=O) groups excluding carboxylic acids is 1. The summed E-state index contributed by atoms with van der Waals surface area (Å²) in [7, 11) is 1.55. The molecule has 6 heteroatoms. The van der Waals surface area contributed by atoms with E-state index >= 15 is 0 Å². The van der Waals surface area contributed by atoms with Gasteiger partial charge < -0.3 is 19.9 Å². The lowest BCUT2D eigenvalue weighted by Crippen LogP contribution is -2.42. The molecule has 0 aliphatic heterocycles. The molecule has 0 bridgehead atoms. The van der Waals surface area contributed by atoms with Crippen molar-refractivity contribution in [1.82, 2.24) is 10.3 Å². The van der Waals surface area contributed by atoms with Crippen LogP contribution < -0.4 is 10.1 Å². The summed E-state index contributed by atoms with van der Waals surface area (Å²) in [6.45, 7) is 7.09. The molecule has 0 unspecified atom stereocenters. The highest BCUT2D eigenvalue weighted by molar-refractivity contribution is 5.68. The molecule has 0 spiro atoms. The number of ether oxygens (including phenoxy) is 2. The number of pyridine rings is 1. The van der Waals surface area contributed by atoms with Gasteiger partial charge in [0, 0.05) is 18.2 Å². The second-order valence-electron chi connectivity index (χ2n) is 5.91. The summed E-state index contributed by atoms with van der Waals surface area (Å²) in [5.74, 6) is 0.513. The van der Waals surface area contributed by atoms with Gasteiger partial charge in [-0.15, -0.1) is 0 Å². The molecule has 1 aromatic rings. The van der Waals surface area contributed by atoms with E-state index in [1.54, 1.807) is 27.9 Å². The van der Waals surface area contributed by atoms with Gasteiger partial charge in [0.25, 0.3) is 0 Å². The van der Waals surface area contributed by atoms with Crippen molar-refractivity contribution < 1.29 is 19.4 Å². The number of carbonyl (C=O) groups is 1. The van der Waals surface area contributed by atoms with Crippen molar-refractivity contribution in [3.8, 4) is 5.88 Å². The minimum atomic E-state index is -0.575. The molecule has 6 nitrogen and oxygen atoms in total. The number of hydrogen-bond donors (Lipinski definition) is 2. The van der Waals surface area contributed by atoms with Crippen LogP contribution in [0, 0.1) is 6.92 Å². The maximum atomic E-state index is 11.7. The first-order chi connectivity index (χ1) is 9.73. The fraction of sp³-hybridized carbons (Fsp3) is 0.600. The maximum absolute atomic E-state index is 11.7. The Bertz CT molecular complexity index is 483. The largest absolute Gasteiger partial charge is 0.481 e. The van der Waals surface area contributed by atoms with E-state index in [1.807, 2.05) is 19.1 Å². The third kappa shape index (κ3) is 6.44. The Morgan fingerprint density at radius 3 is 2.62 bits per heavy atom. The normalized spacial score (nSPS) is 12.7. The van der Waals surface area contributed by atoms with Gasteiger partial charge in [0.1, 0.15) is 5.60 Å². The van der Waals surface area contributed by atoms with Crippen LogP contribution in [-0.2, 0) is 11.2 Å². The molecule has 0 aliphatic carbocycles. The molecule has 0 aliphatic rings. The molecule has 0 aromatic carbocycles. The molecule has 118 valence electrons. The number of methoxy groups -OCH3 is 1. The smallest absolute Gasteiger partial charge is 0.407 e. The van der Waals surface area contributed by atoms with Crippen molar-refractivity contribution in [3.63, 3.8) is 0 Å². The summed E-state index contributed by atoms with van der Waals surface area (Å²) in [4.78, 5) is 16.0. The van der Waals surface area contributed by atoms with Gasteiger partial charge >= 0.3 is 6.09 Å². The van der Waals surface area contributed by atoms with E-state index in [2.05, 4.69) is 10.3 Å². The van der Waals surface area contributed by atoms with E-state index in [1.165, 1.54) is 0 Å². The predicted octanol–water partition coefficient (Wildman–Crippen LogP) is 1.83. The van der Waals surface area contributed by atoms with Gasteiger partial charge in [0.05, 0.1) is 19.8 Å². The summed E-state index contributed by atoms with van der Waals surface area (Å²) >= 11 is 0. The van der Waals surface area contributed by atoms with E-state index < -0.39 is 17.7 Å². The lowest BCUT2D eigenvalue weighted by molar-refractivity contribution is 0.0482. The number of aromatic nitrogens is 1. The van der Waals surface area contributed by atoms with Crippen LogP contribution >= 0.6 is 0 Å². The molecular weight excluding hydrogens is 272 g/mol. The highest BCUT2D eigenvalue weighted by Crippen LogP contribution is 2.13. The predicted molar refractivity (Wildman–Crippen MR) is 79.5 cm³/mol. The number of aliphatic hydroxyl groups excluding tert-OH is 1. The van der Waals surface area contributed by atoms with E-state index in [-0.39, 0.29) is 6.61 Å². The Morgan fingerprint density at radius 1 is 1.43 bits per heavy atom. The molecular formula is C15H24N2O4. The molecule has 1 amide bonds. The Kier molecular flexibility index (Phi) is 5.96. The van der Waals surface area contributed by atoms with Crippen LogP contribution in [-0.4, -0.2) is 41.5 Å². The van der Waals surface area contributed by atoms with E-state index in [0.29, 0.717) is 12.3 Å². The highest BCUT2D eigenvalue weighted by atomic mass is 16.6. The van der Waals surface area contributed by atoms with Crippen molar-refractivity contribution in [2.75, 3.05) is 13.7 Å². The zero-order valence-corrected chi connectivity index (χ0v) is 13.3.